The number of amides is 1. The number of aryl methyl sites for hydroxylation is 1. The minimum absolute atomic E-state index is 0.157. The topological polar surface area (TPSA) is 54.0 Å². The predicted octanol–water partition coefficient (Wildman–Crippen LogP) is 2.49. The second-order valence-corrected chi connectivity index (χ2v) is 6.64. The standard InChI is InChI=1S/C16H21N3OS/c20-15(18-11-12-5-4-10-17-12)8-3-9-16-19-13-6-1-2-7-14(13)21-16/h1-2,6-7,12,17H,3-5,8-11H2,(H,18,20). The molecule has 2 aromatic rings. The highest BCUT2D eigenvalue weighted by Crippen LogP contribution is 2.22. The summed E-state index contributed by atoms with van der Waals surface area (Å²) in [6.45, 7) is 1.85. The van der Waals surface area contributed by atoms with Crippen molar-refractivity contribution in [3.05, 3.63) is 29.3 Å². The van der Waals surface area contributed by atoms with Crippen LogP contribution in [0.1, 0.15) is 30.7 Å². The number of aromatic nitrogens is 1. The number of carbonyl (C=O) groups is 1. The van der Waals surface area contributed by atoms with Crippen LogP contribution in [0.5, 0.6) is 0 Å². The number of fused-ring (bicyclic) bond motifs is 1. The third kappa shape index (κ3) is 4.02. The molecule has 1 aromatic heterocycles. The van der Waals surface area contributed by atoms with E-state index >= 15 is 0 Å². The van der Waals surface area contributed by atoms with Crippen LogP contribution in [0.15, 0.2) is 24.3 Å². The lowest BCUT2D eigenvalue weighted by Gasteiger charge is -2.11. The second kappa shape index (κ2) is 7.00. The van der Waals surface area contributed by atoms with E-state index in [0.717, 1.165) is 36.5 Å². The van der Waals surface area contributed by atoms with E-state index < -0.39 is 0 Å². The molecule has 1 atom stereocenters. The average molecular weight is 303 g/mol. The van der Waals surface area contributed by atoms with Crippen LogP contribution >= 0.6 is 11.3 Å². The first-order valence-corrected chi connectivity index (χ1v) is 8.47. The molecule has 0 aliphatic carbocycles. The number of nitrogens with one attached hydrogen (secondary N) is 2. The summed E-state index contributed by atoms with van der Waals surface area (Å²) in [6, 6.07) is 8.65. The molecule has 0 spiro atoms. The molecular formula is C16H21N3OS. The van der Waals surface area contributed by atoms with Crippen LogP contribution in [-0.2, 0) is 11.2 Å². The van der Waals surface area contributed by atoms with E-state index in [0.29, 0.717) is 12.5 Å². The Hall–Kier alpha value is -1.46. The first-order valence-electron chi connectivity index (χ1n) is 7.66. The van der Waals surface area contributed by atoms with Gasteiger partial charge >= 0.3 is 0 Å². The number of para-hydroxylation sites is 1. The van der Waals surface area contributed by atoms with Crippen LogP contribution in [0.2, 0.25) is 0 Å². The molecule has 21 heavy (non-hydrogen) atoms. The lowest BCUT2D eigenvalue weighted by Crippen LogP contribution is -2.37. The Balaban J connectivity index is 1.39. The van der Waals surface area contributed by atoms with Crippen molar-refractivity contribution in [1.29, 1.82) is 0 Å². The molecule has 5 heteroatoms. The fourth-order valence-electron chi connectivity index (χ4n) is 2.68. The van der Waals surface area contributed by atoms with Gasteiger partial charge in [0.05, 0.1) is 15.2 Å². The number of thiazole rings is 1. The van der Waals surface area contributed by atoms with Gasteiger partial charge in [-0.3, -0.25) is 4.79 Å². The molecule has 112 valence electrons. The highest BCUT2D eigenvalue weighted by Gasteiger charge is 2.14. The summed E-state index contributed by atoms with van der Waals surface area (Å²) in [5, 5.41) is 7.53. The molecule has 1 aliphatic heterocycles. The summed E-state index contributed by atoms with van der Waals surface area (Å²) >= 11 is 1.73. The van der Waals surface area contributed by atoms with Gasteiger partial charge < -0.3 is 10.6 Å². The van der Waals surface area contributed by atoms with Gasteiger partial charge in [-0.15, -0.1) is 11.3 Å². The Labute approximate surface area is 129 Å². The van der Waals surface area contributed by atoms with Crippen molar-refractivity contribution >= 4 is 27.5 Å². The number of hydrogen-bond donors (Lipinski definition) is 2. The molecule has 1 unspecified atom stereocenters. The summed E-state index contributed by atoms with van der Waals surface area (Å²) < 4.78 is 1.23. The first kappa shape index (κ1) is 14.5. The SMILES string of the molecule is O=C(CCCc1nc2ccccc2s1)NCC1CCCN1. The molecule has 1 aromatic carbocycles. The molecule has 2 N–H and O–H groups in total. The Morgan fingerprint density at radius 3 is 3.14 bits per heavy atom. The fourth-order valence-corrected chi connectivity index (χ4v) is 3.69. The van der Waals surface area contributed by atoms with E-state index in [4.69, 9.17) is 0 Å². The highest BCUT2D eigenvalue weighted by atomic mass is 32.1. The van der Waals surface area contributed by atoms with Gasteiger partial charge in [-0.25, -0.2) is 4.98 Å². The fraction of sp³-hybridized carbons (Fsp3) is 0.500. The van der Waals surface area contributed by atoms with Crippen molar-refractivity contribution in [2.24, 2.45) is 0 Å². The van der Waals surface area contributed by atoms with E-state index in [1.165, 1.54) is 17.5 Å². The van der Waals surface area contributed by atoms with Crippen molar-refractivity contribution in [3.8, 4) is 0 Å². The van der Waals surface area contributed by atoms with Crippen LogP contribution in [0.3, 0.4) is 0 Å². The monoisotopic (exact) mass is 303 g/mol. The maximum atomic E-state index is 11.8. The van der Waals surface area contributed by atoms with Gasteiger partial charge in [0.2, 0.25) is 5.91 Å². The molecule has 0 bridgehead atoms. The maximum Gasteiger partial charge on any atom is 0.220 e. The van der Waals surface area contributed by atoms with Crippen LogP contribution < -0.4 is 10.6 Å². The minimum Gasteiger partial charge on any atom is -0.355 e. The summed E-state index contributed by atoms with van der Waals surface area (Å²) in [5.74, 6) is 0.157. The average Bonchev–Trinajstić information content (AvgIpc) is 3.14. The van der Waals surface area contributed by atoms with Crippen molar-refractivity contribution in [2.45, 2.75) is 38.1 Å². The Kier molecular flexibility index (Phi) is 4.83. The maximum absolute atomic E-state index is 11.8. The van der Waals surface area contributed by atoms with E-state index in [-0.39, 0.29) is 5.91 Å². The van der Waals surface area contributed by atoms with Gasteiger partial charge in [0, 0.05) is 19.0 Å². The van der Waals surface area contributed by atoms with Crippen LogP contribution in [0, 0.1) is 0 Å². The zero-order valence-corrected chi connectivity index (χ0v) is 12.9. The summed E-state index contributed by atoms with van der Waals surface area (Å²) in [4.78, 5) is 16.4. The van der Waals surface area contributed by atoms with Crippen molar-refractivity contribution < 1.29 is 4.79 Å². The lowest BCUT2D eigenvalue weighted by molar-refractivity contribution is -0.121. The second-order valence-electron chi connectivity index (χ2n) is 5.53. The van der Waals surface area contributed by atoms with Gasteiger partial charge in [-0.1, -0.05) is 12.1 Å². The summed E-state index contributed by atoms with van der Waals surface area (Å²) in [5.41, 5.74) is 1.06. The number of hydrogen-bond acceptors (Lipinski definition) is 4. The zero-order chi connectivity index (χ0) is 14.5. The van der Waals surface area contributed by atoms with E-state index in [1.54, 1.807) is 11.3 Å². The number of rotatable bonds is 6. The summed E-state index contributed by atoms with van der Waals surface area (Å²) in [7, 11) is 0. The van der Waals surface area contributed by atoms with Gasteiger partial charge in [-0.2, -0.15) is 0 Å². The van der Waals surface area contributed by atoms with Crippen molar-refractivity contribution in [2.75, 3.05) is 13.1 Å². The molecule has 1 amide bonds. The molecule has 4 nitrogen and oxygen atoms in total. The van der Waals surface area contributed by atoms with Crippen LogP contribution in [-0.4, -0.2) is 30.0 Å². The minimum atomic E-state index is 0.157. The van der Waals surface area contributed by atoms with E-state index in [9.17, 15) is 4.79 Å². The van der Waals surface area contributed by atoms with Crippen molar-refractivity contribution in [3.63, 3.8) is 0 Å². The van der Waals surface area contributed by atoms with Gasteiger partial charge in [0.15, 0.2) is 0 Å². The predicted molar refractivity (Wildman–Crippen MR) is 86.6 cm³/mol. The number of benzene rings is 1. The van der Waals surface area contributed by atoms with Gasteiger partial charge in [0.25, 0.3) is 0 Å². The van der Waals surface area contributed by atoms with E-state index in [2.05, 4.69) is 21.7 Å². The third-order valence-electron chi connectivity index (χ3n) is 3.84. The summed E-state index contributed by atoms with van der Waals surface area (Å²) in [6.07, 6.45) is 4.73. The number of carbonyl (C=O) groups excluding carboxylic acids is 1. The highest BCUT2D eigenvalue weighted by molar-refractivity contribution is 7.18. The normalized spacial score (nSPS) is 18.2. The Bertz CT molecular complexity index is 571. The molecule has 1 aliphatic rings. The molecule has 1 saturated heterocycles. The molecule has 0 saturated carbocycles. The third-order valence-corrected chi connectivity index (χ3v) is 4.94. The quantitative estimate of drug-likeness (QED) is 0.862. The van der Waals surface area contributed by atoms with Crippen LogP contribution in [0.25, 0.3) is 10.2 Å². The van der Waals surface area contributed by atoms with Gasteiger partial charge in [0.1, 0.15) is 0 Å². The molecule has 2 heterocycles. The zero-order valence-electron chi connectivity index (χ0n) is 12.1. The first-order chi connectivity index (χ1) is 10.3. The molecule has 0 radical (unpaired) electrons. The molecule has 3 rings (SSSR count). The van der Waals surface area contributed by atoms with E-state index in [1.807, 2.05) is 18.2 Å². The van der Waals surface area contributed by atoms with Crippen LogP contribution in [0.4, 0.5) is 0 Å². The largest absolute Gasteiger partial charge is 0.355 e. The molecule has 1 fully saturated rings. The Morgan fingerprint density at radius 2 is 2.33 bits per heavy atom. The lowest BCUT2D eigenvalue weighted by atomic mass is 10.2. The smallest absolute Gasteiger partial charge is 0.220 e. The Morgan fingerprint density at radius 1 is 1.43 bits per heavy atom. The van der Waals surface area contributed by atoms with Crippen molar-refractivity contribution in [1.82, 2.24) is 15.6 Å². The number of nitrogens with zero attached hydrogens (tertiary/aromatic N) is 1. The van der Waals surface area contributed by atoms with Gasteiger partial charge in [-0.05, 0) is 44.4 Å². The molecular weight excluding hydrogens is 282 g/mol.